The fourth-order valence-corrected chi connectivity index (χ4v) is 13.6. The number of carbonyl (C=O) groups is 3. The minimum atomic E-state index is -4.96. The Hall–Kier alpha value is -5.61. The van der Waals surface area contributed by atoms with Crippen LogP contribution in [0, 0.1) is 0 Å². The van der Waals surface area contributed by atoms with Crippen molar-refractivity contribution in [1.29, 1.82) is 0 Å². The molecular weight excluding hydrogens is 1510 g/mol. The molecule has 5 unspecified atom stereocenters. The molecule has 0 saturated carbocycles. The van der Waals surface area contributed by atoms with Crippen LogP contribution < -0.4 is 0 Å². The van der Waals surface area contributed by atoms with Gasteiger partial charge in [-0.05, 0) is 154 Å². The average Bonchev–Trinajstić information content (AvgIpc) is 0.901. The minimum absolute atomic E-state index is 0.0212. The molecular formula is C99H164O16P2. The Morgan fingerprint density at radius 1 is 0.239 bits per heavy atom. The highest BCUT2D eigenvalue weighted by Gasteiger charge is 2.29. The number of rotatable bonds is 85. The van der Waals surface area contributed by atoms with Crippen LogP contribution in [0.2, 0.25) is 0 Å². The number of phosphoric ester groups is 2. The Morgan fingerprint density at radius 2 is 0.436 bits per heavy atom. The summed E-state index contributed by atoms with van der Waals surface area (Å²) in [7, 11) is -9.83. The van der Waals surface area contributed by atoms with Gasteiger partial charge in [0.15, 0.2) is 6.10 Å². The monoisotopic (exact) mass is 1670 g/mol. The maximum atomic E-state index is 13.0. The third kappa shape index (κ3) is 91.0. The Kier molecular flexibility index (Phi) is 85.3. The summed E-state index contributed by atoms with van der Waals surface area (Å²) in [5.74, 6) is -1.64. The molecule has 0 aliphatic rings. The molecule has 0 aliphatic heterocycles. The van der Waals surface area contributed by atoms with Crippen molar-refractivity contribution in [3.8, 4) is 0 Å². The standard InChI is InChI=1S/C99H164O16P2/c1-4-7-10-13-16-19-22-25-28-31-33-35-37-39-41-43-44-45-46-47-48-50-52-53-55-57-59-62-64-67-70-73-76-79-82-85-97(102)109-88-94(100)89-111-116(105,106)112-90-95(101)91-113-117(107,108)114-93-96(115-99(104)87-84-81-78-75-72-69-66-61-30-27-24-21-18-15-12-9-6-3)92-110-98(103)86-83-80-77-74-71-68-65-63-60-58-56-54-51-49-42-40-38-36-34-32-29-26-23-20-17-14-11-8-5-2/h7-12,16-21,25-30,33-36,39-42,44-45,66,69,75,78,94-96,100-101H,4-6,13-15,22-24,31-32,37-38,43,46-65,67-68,70-74,76-77,79-93H2,1-3H3,(H,105,106)(H,107,108)/b10-7-,11-8-,12-9-,19-16-,20-17-,21-18-,28-25-,29-26-,30-27-,35-33-,36-34-,41-39-,42-40-,45-44-,69-66-,78-75-. The number of hydrogen-bond donors (Lipinski definition) is 4. The summed E-state index contributed by atoms with van der Waals surface area (Å²) in [6, 6.07) is 0. The summed E-state index contributed by atoms with van der Waals surface area (Å²) < 4.78 is 61.3. The van der Waals surface area contributed by atoms with Gasteiger partial charge in [-0.2, -0.15) is 0 Å². The quantitative estimate of drug-likeness (QED) is 0.0146. The molecule has 16 nitrogen and oxygen atoms in total. The molecule has 0 aromatic heterocycles. The summed E-state index contributed by atoms with van der Waals surface area (Å²) in [6.07, 6.45) is 119. The first-order valence-corrected chi connectivity index (χ1v) is 48.7. The van der Waals surface area contributed by atoms with E-state index >= 15 is 0 Å². The summed E-state index contributed by atoms with van der Waals surface area (Å²) in [4.78, 5) is 58.9. The Bertz CT molecular complexity index is 2910. The summed E-state index contributed by atoms with van der Waals surface area (Å²) in [6.45, 7) is 2.29. The van der Waals surface area contributed by atoms with E-state index < -0.39 is 91.5 Å². The van der Waals surface area contributed by atoms with E-state index in [1.165, 1.54) is 135 Å². The smallest absolute Gasteiger partial charge is 0.463 e. The van der Waals surface area contributed by atoms with E-state index in [-0.39, 0.29) is 19.3 Å². The number of esters is 3. The third-order valence-electron chi connectivity index (χ3n) is 18.8. The van der Waals surface area contributed by atoms with Crippen molar-refractivity contribution < 1.29 is 75.8 Å². The maximum absolute atomic E-state index is 13.0. The predicted octanol–water partition coefficient (Wildman–Crippen LogP) is 28.2. The lowest BCUT2D eigenvalue weighted by Crippen LogP contribution is -2.30. The second-order valence-electron chi connectivity index (χ2n) is 30.0. The largest absolute Gasteiger partial charge is 0.472 e. The molecule has 0 aliphatic carbocycles. The molecule has 4 N–H and O–H groups in total. The summed E-state index contributed by atoms with van der Waals surface area (Å²) >= 11 is 0. The molecule has 0 aromatic rings. The maximum Gasteiger partial charge on any atom is 0.472 e. The zero-order valence-corrected chi connectivity index (χ0v) is 75.1. The van der Waals surface area contributed by atoms with Crippen LogP contribution in [0.5, 0.6) is 0 Å². The van der Waals surface area contributed by atoms with E-state index in [9.17, 15) is 43.5 Å². The van der Waals surface area contributed by atoms with Crippen molar-refractivity contribution in [2.45, 2.75) is 373 Å². The lowest BCUT2D eigenvalue weighted by atomic mass is 10.0. The first-order valence-electron chi connectivity index (χ1n) is 45.7. The molecule has 0 aromatic carbocycles. The molecule has 0 rings (SSSR count). The van der Waals surface area contributed by atoms with Gasteiger partial charge in [-0.15, -0.1) is 0 Å². The molecule has 0 spiro atoms. The van der Waals surface area contributed by atoms with Gasteiger partial charge in [0.2, 0.25) is 0 Å². The number of aliphatic hydroxyl groups excluding tert-OH is 2. The number of aliphatic hydroxyl groups is 2. The van der Waals surface area contributed by atoms with Crippen LogP contribution in [0.25, 0.3) is 0 Å². The van der Waals surface area contributed by atoms with Gasteiger partial charge in [0.25, 0.3) is 0 Å². The average molecular weight is 1670 g/mol. The van der Waals surface area contributed by atoms with E-state index in [0.29, 0.717) is 25.7 Å². The van der Waals surface area contributed by atoms with Gasteiger partial charge >= 0.3 is 33.6 Å². The zero-order valence-electron chi connectivity index (χ0n) is 73.3. The van der Waals surface area contributed by atoms with Crippen LogP contribution >= 0.6 is 15.6 Å². The molecule has 666 valence electrons. The van der Waals surface area contributed by atoms with Gasteiger partial charge in [-0.1, -0.05) is 376 Å². The number of allylic oxidation sites excluding steroid dienone is 32. The van der Waals surface area contributed by atoms with Crippen LogP contribution in [-0.4, -0.2) is 95.9 Å². The van der Waals surface area contributed by atoms with Crippen molar-refractivity contribution in [3.05, 3.63) is 194 Å². The van der Waals surface area contributed by atoms with E-state index in [2.05, 4.69) is 203 Å². The van der Waals surface area contributed by atoms with Gasteiger partial charge in [-0.3, -0.25) is 32.5 Å². The molecule has 0 amide bonds. The predicted molar refractivity (Wildman–Crippen MR) is 491 cm³/mol. The molecule has 117 heavy (non-hydrogen) atoms. The first kappa shape index (κ1) is 111. The van der Waals surface area contributed by atoms with Crippen LogP contribution in [0.1, 0.15) is 355 Å². The fraction of sp³-hybridized carbons (Fsp3) is 0.646. The van der Waals surface area contributed by atoms with Gasteiger partial charge in [-0.25, -0.2) is 9.13 Å². The van der Waals surface area contributed by atoms with Crippen LogP contribution in [0.4, 0.5) is 0 Å². The van der Waals surface area contributed by atoms with Crippen LogP contribution in [-0.2, 0) is 55.8 Å². The first-order chi connectivity index (χ1) is 57.2. The van der Waals surface area contributed by atoms with Gasteiger partial charge in [0.05, 0.1) is 26.4 Å². The van der Waals surface area contributed by atoms with Crippen molar-refractivity contribution >= 4 is 33.6 Å². The molecule has 0 fully saturated rings. The summed E-state index contributed by atoms with van der Waals surface area (Å²) in [5, 5.41) is 20.7. The number of carbonyl (C=O) groups excluding carboxylic acids is 3. The molecule has 18 heteroatoms. The molecule has 0 bridgehead atoms. The van der Waals surface area contributed by atoms with Gasteiger partial charge in [0.1, 0.15) is 25.4 Å². The Labute approximate surface area is 712 Å². The lowest BCUT2D eigenvalue weighted by Gasteiger charge is -2.21. The molecule has 0 saturated heterocycles. The number of ether oxygens (including phenoxy) is 3. The zero-order chi connectivity index (χ0) is 85.1. The van der Waals surface area contributed by atoms with Crippen LogP contribution in [0.15, 0.2) is 194 Å². The second kappa shape index (κ2) is 89.6. The van der Waals surface area contributed by atoms with Gasteiger partial charge < -0.3 is 34.2 Å². The van der Waals surface area contributed by atoms with Crippen molar-refractivity contribution in [2.75, 3.05) is 39.6 Å². The normalized spacial score (nSPS) is 14.7. The van der Waals surface area contributed by atoms with E-state index in [0.717, 1.165) is 154 Å². The minimum Gasteiger partial charge on any atom is -0.463 e. The van der Waals surface area contributed by atoms with Gasteiger partial charge in [0, 0.05) is 19.3 Å². The fourth-order valence-electron chi connectivity index (χ4n) is 12.0. The lowest BCUT2D eigenvalue weighted by molar-refractivity contribution is -0.161. The number of hydrogen-bond acceptors (Lipinski definition) is 14. The van der Waals surface area contributed by atoms with Crippen molar-refractivity contribution in [1.82, 2.24) is 0 Å². The number of phosphoric acid groups is 2. The van der Waals surface area contributed by atoms with Crippen molar-refractivity contribution in [2.24, 2.45) is 0 Å². The highest BCUT2D eigenvalue weighted by atomic mass is 31.2. The Balaban J connectivity index is 4.51. The summed E-state index contributed by atoms with van der Waals surface area (Å²) in [5.41, 5.74) is 0. The van der Waals surface area contributed by atoms with E-state index in [4.69, 9.17) is 32.3 Å². The van der Waals surface area contributed by atoms with E-state index in [1.54, 1.807) is 0 Å². The highest BCUT2D eigenvalue weighted by Crippen LogP contribution is 2.45. The van der Waals surface area contributed by atoms with Crippen LogP contribution in [0.3, 0.4) is 0 Å². The second-order valence-corrected chi connectivity index (χ2v) is 32.9. The highest BCUT2D eigenvalue weighted by molar-refractivity contribution is 7.47. The number of unbranched alkanes of at least 4 members (excludes halogenated alkanes) is 30. The molecule has 0 radical (unpaired) electrons. The SMILES string of the molecule is CC/C=C\C/C=C\C/C=C\C/C=C\C/C=C\C/C=C\CCCCCCCCCCCCCCCCCCC(=O)OCC(O)COP(=O)(O)OCC(O)COP(=O)(O)OCC(COC(=O)CCCCCCCCCCCCCCC/C=C\C/C=C\C/C=C\C/C=C\C/C=C\CC)OC(=O)CCC/C=C\C/C=C\C/C=C\C/C=C\C/C=C\CC. The topological polar surface area (TPSA) is 231 Å². The molecule has 0 heterocycles. The van der Waals surface area contributed by atoms with Crippen molar-refractivity contribution in [3.63, 3.8) is 0 Å². The molecule has 5 atom stereocenters. The Morgan fingerprint density at radius 3 is 0.701 bits per heavy atom. The van der Waals surface area contributed by atoms with E-state index in [1.807, 2.05) is 12.2 Å². The third-order valence-corrected chi connectivity index (χ3v) is 20.7.